The summed E-state index contributed by atoms with van der Waals surface area (Å²) in [5.74, 6) is 1.42. The highest BCUT2D eigenvalue weighted by atomic mass is 35.5. The molecule has 2 aromatic rings. The Morgan fingerprint density at radius 2 is 1.96 bits per heavy atom. The average molecular weight is 344 g/mol. The summed E-state index contributed by atoms with van der Waals surface area (Å²) in [6, 6.07) is 15.8. The van der Waals surface area contributed by atoms with E-state index in [-0.39, 0.29) is 5.91 Å². The highest BCUT2D eigenvalue weighted by Gasteiger charge is 2.19. The van der Waals surface area contributed by atoms with E-state index in [0.717, 1.165) is 30.0 Å². The molecule has 1 aliphatic heterocycles. The van der Waals surface area contributed by atoms with Gasteiger partial charge in [-0.15, -0.1) is 0 Å². The van der Waals surface area contributed by atoms with Crippen LogP contribution < -0.4 is 10.1 Å². The lowest BCUT2D eigenvalue weighted by molar-refractivity contribution is -0.122. The molecule has 0 saturated carbocycles. The number of para-hydroxylation sites is 1. The molecular formula is C20H22ClNO2. The van der Waals surface area contributed by atoms with E-state index in [1.807, 2.05) is 42.5 Å². The molecule has 1 N–H and O–H groups in total. The molecule has 0 radical (unpaired) electrons. The van der Waals surface area contributed by atoms with Crippen LogP contribution in [-0.2, 0) is 17.6 Å². The molecule has 0 bridgehead atoms. The molecular weight excluding hydrogens is 322 g/mol. The SMILES string of the molecule is O=C(CC1CCOc2ccccc2C1)NCCc1ccc(Cl)cc1. The van der Waals surface area contributed by atoms with E-state index in [9.17, 15) is 4.79 Å². The van der Waals surface area contributed by atoms with Gasteiger partial charge in [0.1, 0.15) is 5.75 Å². The van der Waals surface area contributed by atoms with Crippen LogP contribution in [-0.4, -0.2) is 19.1 Å². The second kappa shape index (κ2) is 8.20. The molecule has 1 heterocycles. The molecule has 1 unspecified atom stereocenters. The Kier molecular flexibility index (Phi) is 5.76. The van der Waals surface area contributed by atoms with Crippen LogP contribution in [0.4, 0.5) is 0 Å². The first-order valence-corrected chi connectivity index (χ1v) is 8.80. The Bertz CT molecular complexity index is 684. The quantitative estimate of drug-likeness (QED) is 0.890. The van der Waals surface area contributed by atoms with Crippen molar-refractivity contribution in [3.05, 3.63) is 64.7 Å². The van der Waals surface area contributed by atoms with Gasteiger partial charge in [0, 0.05) is 18.0 Å². The predicted octanol–water partition coefficient (Wildman–Crippen LogP) is 4.03. The average Bonchev–Trinajstić information content (AvgIpc) is 2.78. The van der Waals surface area contributed by atoms with Crippen molar-refractivity contribution in [2.24, 2.45) is 5.92 Å². The zero-order valence-electron chi connectivity index (χ0n) is 13.6. The minimum absolute atomic E-state index is 0.119. The Balaban J connectivity index is 1.45. The molecule has 0 fully saturated rings. The van der Waals surface area contributed by atoms with Gasteiger partial charge in [0.2, 0.25) is 5.91 Å². The van der Waals surface area contributed by atoms with Crippen LogP contribution in [0.2, 0.25) is 5.02 Å². The van der Waals surface area contributed by atoms with E-state index in [2.05, 4.69) is 11.4 Å². The van der Waals surface area contributed by atoms with Crippen LogP contribution in [0.25, 0.3) is 0 Å². The van der Waals surface area contributed by atoms with Gasteiger partial charge in [-0.1, -0.05) is 41.9 Å². The maximum absolute atomic E-state index is 12.2. The van der Waals surface area contributed by atoms with Crippen LogP contribution in [0.5, 0.6) is 5.75 Å². The highest BCUT2D eigenvalue weighted by molar-refractivity contribution is 6.30. The van der Waals surface area contributed by atoms with Crippen LogP contribution in [0, 0.1) is 5.92 Å². The van der Waals surface area contributed by atoms with Gasteiger partial charge < -0.3 is 10.1 Å². The standard InChI is InChI=1S/C20H22ClNO2/c21-18-7-5-15(6-8-18)9-11-22-20(23)14-16-10-12-24-19-4-2-1-3-17(19)13-16/h1-8,16H,9-14H2,(H,22,23). The van der Waals surface area contributed by atoms with Crippen molar-refractivity contribution in [2.45, 2.75) is 25.7 Å². The maximum atomic E-state index is 12.2. The van der Waals surface area contributed by atoms with E-state index in [1.165, 1.54) is 11.1 Å². The fraction of sp³-hybridized carbons (Fsp3) is 0.350. The topological polar surface area (TPSA) is 38.3 Å². The van der Waals surface area contributed by atoms with Gasteiger partial charge in [-0.05, 0) is 54.5 Å². The molecule has 0 aliphatic carbocycles. The largest absolute Gasteiger partial charge is 0.493 e. The smallest absolute Gasteiger partial charge is 0.220 e. The third-order valence-corrected chi connectivity index (χ3v) is 4.64. The molecule has 24 heavy (non-hydrogen) atoms. The van der Waals surface area contributed by atoms with E-state index in [0.29, 0.717) is 25.5 Å². The first-order chi connectivity index (χ1) is 11.7. The third kappa shape index (κ3) is 4.75. The van der Waals surface area contributed by atoms with Gasteiger partial charge in [-0.2, -0.15) is 0 Å². The number of amides is 1. The van der Waals surface area contributed by atoms with E-state index < -0.39 is 0 Å². The number of carbonyl (C=O) groups excluding carboxylic acids is 1. The molecule has 126 valence electrons. The lowest BCUT2D eigenvalue weighted by atomic mass is 9.93. The summed E-state index contributed by atoms with van der Waals surface area (Å²) in [6.45, 7) is 1.33. The summed E-state index contributed by atoms with van der Waals surface area (Å²) in [5, 5.41) is 3.76. The third-order valence-electron chi connectivity index (χ3n) is 4.39. The molecule has 0 spiro atoms. The summed E-state index contributed by atoms with van der Waals surface area (Å²) < 4.78 is 5.77. The van der Waals surface area contributed by atoms with Crippen LogP contribution in [0.1, 0.15) is 24.0 Å². The minimum Gasteiger partial charge on any atom is -0.493 e. The first-order valence-electron chi connectivity index (χ1n) is 8.42. The summed E-state index contributed by atoms with van der Waals surface area (Å²) in [5.41, 5.74) is 2.38. The molecule has 4 heteroatoms. The zero-order valence-corrected chi connectivity index (χ0v) is 14.4. The number of hydrogen-bond donors (Lipinski definition) is 1. The maximum Gasteiger partial charge on any atom is 0.220 e. The number of nitrogens with one attached hydrogen (secondary N) is 1. The summed E-state index contributed by atoms with van der Waals surface area (Å²) in [4.78, 5) is 12.2. The molecule has 1 aliphatic rings. The van der Waals surface area contributed by atoms with Crippen molar-refractivity contribution < 1.29 is 9.53 Å². The van der Waals surface area contributed by atoms with Crippen molar-refractivity contribution in [1.82, 2.24) is 5.32 Å². The van der Waals surface area contributed by atoms with Crippen molar-refractivity contribution in [2.75, 3.05) is 13.2 Å². The zero-order chi connectivity index (χ0) is 16.8. The van der Waals surface area contributed by atoms with Gasteiger partial charge in [0.05, 0.1) is 6.61 Å². The lowest BCUT2D eigenvalue weighted by Gasteiger charge is -2.13. The summed E-state index contributed by atoms with van der Waals surface area (Å²) in [6.07, 6.45) is 3.19. The monoisotopic (exact) mass is 343 g/mol. The number of ether oxygens (including phenoxy) is 1. The Labute approximate surface area is 148 Å². The molecule has 1 amide bonds. The molecule has 3 nitrogen and oxygen atoms in total. The van der Waals surface area contributed by atoms with E-state index in [1.54, 1.807) is 0 Å². The summed E-state index contributed by atoms with van der Waals surface area (Å²) in [7, 11) is 0. The molecule has 2 aromatic carbocycles. The van der Waals surface area contributed by atoms with Crippen molar-refractivity contribution in [3.63, 3.8) is 0 Å². The number of benzene rings is 2. The molecule has 1 atom stereocenters. The van der Waals surface area contributed by atoms with E-state index in [4.69, 9.17) is 16.3 Å². The predicted molar refractivity (Wildman–Crippen MR) is 96.5 cm³/mol. The fourth-order valence-corrected chi connectivity index (χ4v) is 3.19. The number of fused-ring (bicyclic) bond motifs is 1. The lowest BCUT2D eigenvalue weighted by Crippen LogP contribution is -2.28. The van der Waals surface area contributed by atoms with Gasteiger partial charge in [0.15, 0.2) is 0 Å². The van der Waals surface area contributed by atoms with Gasteiger partial charge in [-0.3, -0.25) is 4.79 Å². The first kappa shape index (κ1) is 16.8. The van der Waals surface area contributed by atoms with Crippen LogP contribution in [0.3, 0.4) is 0 Å². The highest BCUT2D eigenvalue weighted by Crippen LogP contribution is 2.28. The van der Waals surface area contributed by atoms with Crippen LogP contribution in [0.15, 0.2) is 48.5 Å². The second-order valence-electron chi connectivity index (χ2n) is 6.25. The number of halogens is 1. The number of carbonyl (C=O) groups is 1. The second-order valence-corrected chi connectivity index (χ2v) is 6.68. The van der Waals surface area contributed by atoms with Crippen molar-refractivity contribution in [1.29, 1.82) is 0 Å². The summed E-state index contributed by atoms with van der Waals surface area (Å²) >= 11 is 5.87. The minimum atomic E-state index is 0.119. The normalized spacial score (nSPS) is 16.6. The molecule has 0 aromatic heterocycles. The Morgan fingerprint density at radius 1 is 1.17 bits per heavy atom. The van der Waals surface area contributed by atoms with Crippen LogP contribution >= 0.6 is 11.6 Å². The number of hydrogen-bond acceptors (Lipinski definition) is 2. The van der Waals surface area contributed by atoms with Gasteiger partial charge in [0.25, 0.3) is 0 Å². The molecule has 0 saturated heterocycles. The fourth-order valence-electron chi connectivity index (χ4n) is 3.07. The Morgan fingerprint density at radius 3 is 2.79 bits per heavy atom. The number of rotatable bonds is 5. The van der Waals surface area contributed by atoms with E-state index >= 15 is 0 Å². The van der Waals surface area contributed by atoms with Gasteiger partial charge in [-0.25, -0.2) is 0 Å². The Hall–Kier alpha value is -2.00. The van der Waals surface area contributed by atoms with Crippen molar-refractivity contribution >= 4 is 17.5 Å². The molecule has 3 rings (SSSR count). The van der Waals surface area contributed by atoms with Crippen molar-refractivity contribution in [3.8, 4) is 5.75 Å². The van der Waals surface area contributed by atoms with Gasteiger partial charge >= 0.3 is 0 Å².